The zero-order valence-electron chi connectivity index (χ0n) is 16.9. The number of rotatable bonds is 5. The van der Waals surface area contributed by atoms with E-state index >= 15 is 0 Å². The Labute approximate surface area is 175 Å². The number of anilines is 1. The summed E-state index contributed by atoms with van der Waals surface area (Å²) < 4.78 is 7.75. The summed E-state index contributed by atoms with van der Waals surface area (Å²) >= 11 is 6.04. The molecule has 0 aliphatic carbocycles. The molecule has 1 N–H and O–H groups in total. The summed E-state index contributed by atoms with van der Waals surface area (Å²) in [6, 6.07) is 7.31. The number of likely N-dealkylation sites (tertiary alicyclic amines) is 1. The van der Waals surface area contributed by atoms with Crippen molar-refractivity contribution in [1.29, 1.82) is 0 Å². The number of carbonyl (C=O) groups excluding carboxylic acids is 1. The molecule has 154 valence electrons. The van der Waals surface area contributed by atoms with Crippen LogP contribution < -0.4 is 5.32 Å². The molecular formula is C21H26ClN5O2. The molecule has 3 heterocycles. The molecule has 1 aromatic carbocycles. The first-order chi connectivity index (χ1) is 13.9. The molecule has 0 radical (unpaired) electrons. The van der Waals surface area contributed by atoms with Gasteiger partial charge in [-0.15, -0.1) is 0 Å². The average molecular weight is 416 g/mol. The number of halogens is 1. The van der Waals surface area contributed by atoms with Gasteiger partial charge in [0.05, 0.1) is 12.2 Å². The Balaban J connectivity index is 1.36. The molecule has 4 rings (SSSR count). The van der Waals surface area contributed by atoms with E-state index < -0.39 is 0 Å². The second-order valence-corrected chi connectivity index (χ2v) is 8.33. The third kappa shape index (κ3) is 4.16. The van der Waals surface area contributed by atoms with Gasteiger partial charge in [-0.2, -0.15) is 5.10 Å². The molecule has 0 spiro atoms. The van der Waals surface area contributed by atoms with E-state index in [1.165, 1.54) is 0 Å². The lowest BCUT2D eigenvalue weighted by Crippen LogP contribution is -2.46. The lowest BCUT2D eigenvalue weighted by molar-refractivity contribution is -0.121. The number of hydrogen-bond acceptors (Lipinski definition) is 5. The second-order valence-electron chi connectivity index (χ2n) is 7.89. The van der Waals surface area contributed by atoms with E-state index in [9.17, 15) is 4.79 Å². The maximum atomic E-state index is 12.7. The molecule has 2 aromatic heterocycles. The zero-order valence-corrected chi connectivity index (χ0v) is 17.7. The van der Waals surface area contributed by atoms with Gasteiger partial charge >= 0.3 is 0 Å². The highest BCUT2D eigenvalue weighted by Crippen LogP contribution is 2.31. The third-order valence-electron chi connectivity index (χ3n) is 5.58. The Morgan fingerprint density at radius 2 is 2.00 bits per heavy atom. The summed E-state index contributed by atoms with van der Waals surface area (Å²) in [7, 11) is 0. The van der Waals surface area contributed by atoms with Crippen LogP contribution in [0, 0.1) is 0 Å². The molecule has 1 fully saturated rings. The van der Waals surface area contributed by atoms with Gasteiger partial charge in [-0.1, -0.05) is 11.6 Å². The summed E-state index contributed by atoms with van der Waals surface area (Å²) in [6.45, 7) is 7.67. The number of carbonyl (C=O) groups is 1. The number of piperidine rings is 1. The smallest absolute Gasteiger partial charge is 0.242 e. The van der Waals surface area contributed by atoms with Gasteiger partial charge < -0.3 is 9.73 Å². The van der Waals surface area contributed by atoms with E-state index in [1.807, 2.05) is 49.7 Å². The minimum Gasteiger partial charge on any atom is -0.440 e. The molecule has 29 heavy (non-hydrogen) atoms. The molecule has 1 aliphatic heterocycles. The van der Waals surface area contributed by atoms with Crippen molar-refractivity contribution in [3.05, 3.63) is 41.4 Å². The van der Waals surface area contributed by atoms with Crippen molar-refractivity contribution in [3.8, 4) is 0 Å². The van der Waals surface area contributed by atoms with E-state index in [0.717, 1.165) is 48.7 Å². The minimum absolute atomic E-state index is 0.0117. The van der Waals surface area contributed by atoms with Crippen LogP contribution in [-0.2, 0) is 4.79 Å². The van der Waals surface area contributed by atoms with Crippen LogP contribution in [-0.4, -0.2) is 44.7 Å². The molecule has 0 saturated carbocycles. The number of benzene rings is 1. The van der Waals surface area contributed by atoms with Crippen LogP contribution in [0.2, 0.25) is 5.02 Å². The van der Waals surface area contributed by atoms with E-state index in [1.54, 1.807) is 6.20 Å². The third-order valence-corrected chi connectivity index (χ3v) is 5.82. The van der Waals surface area contributed by atoms with Crippen molar-refractivity contribution >= 4 is 34.4 Å². The maximum absolute atomic E-state index is 12.7. The predicted molar refractivity (Wildman–Crippen MR) is 113 cm³/mol. The Kier molecular flexibility index (Phi) is 5.61. The first kappa shape index (κ1) is 19.9. The molecule has 3 aromatic rings. The van der Waals surface area contributed by atoms with Gasteiger partial charge in [-0.05, 0) is 64.9 Å². The van der Waals surface area contributed by atoms with Crippen molar-refractivity contribution < 1.29 is 9.21 Å². The van der Waals surface area contributed by atoms with Crippen LogP contribution in [0.15, 0.2) is 34.9 Å². The summed E-state index contributed by atoms with van der Waals surface area (Å²) in [4.78, 5) is 19.6. The molecule has 8 heteroatoms. The number of fused-ring (bicyclic) bond motifs is 1. The maximum Gasteiger partial charge on any atom is 0.242 e. The first-order valence-electron chi connectivity index (χ1n) is 10.1. The van der Waals surface area contributed by atoms with Gasteiger partial charge in [0.15, 0.2) is 11.5 Å². The predicted octanol–water partition coefficient (Wildman–Crippen LogP) is 4.47. The van der Waals surface area contributed by atoms with Gasteiger partial charge in [-0.25, -0.2) is 9.67 Å². The second kappa shape index (κ2) is 8.16. The highest BCUT2D eigenvalue weighted by atomic mass is 35.5. The molecule has 1 amide bonds. The van der Waals surface area contributed by atoms with Crippen LogP contribution >= 0.6 is 11.6 Å². The fourth-order valence-electron chi connectivity index (χ4n) is 3.85. The Bertz CT molecular complexity index is 1000. The van der Waals surface area contributed by atoms with Crippen molar-refractivity contribution in [2.24, 2.45) is 0 Å². The molecule has 1 saturated heterocycles. The Morgan fingerprint density at radius 3 is 2.72 bits per heavy atom. The van der Waals surface area contributed by atoms with Crippen LogP contribution in [0.5, 0.6) is 0 Å². The van der Waals surface area contributed by atoms with E-state index in [0.29, 0.717) is 5.02 Å². The van der Waals surface area contributed by atoms with Gasteiger partial charge in [0.1, 0.15) is 11.3 Å². The number of nitrogens with zero attached hydrogens (tertiary/aromatic N) is 4. The van der Waals surface area contributed by atoms with Gasteiger partial charge in [0, 0.05) is 23.0 Å². The van der Waals surface area contributed by atoms with Gasteiger partial charge in [-0.3, -0.25) is 9.69 Å². The number of aromatic nitrogens is 3. The van der Waals surface area contributed by atoms with Crippen molar-refractivity contribution in [3.63, 3.8) is 0 Å². The summed E-state index contributed by atoms with van der Waals surface area (Å²) in [5, 5.41) is 7.94. The average Bonchev–Trinajstić information content (AvgIpc) is 3.34. The minimum atomic E-state index is -0.214. The highest BCUT2D eigenvalue weighted by molar-refractivity contribution is 6.31. The molecule has 0 unspecified atom stereocenters. The van der Waals surface area contributed by atoms with Crippen molar-refractivity contribution in [2.75, 3.05) is 18.4 Å². The van der Waals surface area contributed by atoms with E-state index in [-0.39, 0.29) is 23.9 Å². The summed E-state index contributed by atoms with van der Waals surface area (Å²) in [5.41, 5.74) is 1.56. The Hall–Kier alpha value is -2.38. The fraction of sp³-hybridized carbons (Fsp3) is 0.476. The standard InChI is InChI=1S/C21H26ClN5O2/c1-13(2)27-19(6-9-23-27)25-20(28)14(3)26-10-7-15(8-11-26)21-24-17-12-16(22)4-5-18(17)29-21/h4-6,9,12-15H,7-8,10-11H2,1-3H3,(H,25,28)/t14-/m1/s1. The number of amides is 1. The van der Waals surface area contributed by atoms with E-state index in [2.05, 4.69) is 20.3 Å². The van der Waals surface area contributed by atoms with Gasteiger partial charge in [0.25, 0.3) is 0 Å². The van der Waals surface area contributed by atoms with Crippen LogP contribution in [0.1, 0.15) is 51.5 Å². The number of nitrogens with one attached hydrogen (secondary N) is 1. The molecule has 7 nitrogen and oxygen atoms in total. The van der Waals surface area contributed by atoms with Gasteiger partial charge in [0.2, 0.25) is 5.91 Å². The lowest BCUT2D eigenvalue weighted by atomic mass is 9.95. The van der Waals surface area contributed by atoms with E-state index in [4.69, 9.17) is 16.0 Å². The first-order valence-corrected chi connectivity index (χ1v) is 10.4. The highest BCUT2D eigenvalue weighted by Gasteiger charge is 2.30. The van der Waals surface area contributed by atoms with Crippen LogP contribution in [0.4, 0.5) is 5.82 Å². The normalized spacial score (nSPS) is 17.1. The molecule has 1 atom stereocenters. The summed E-state index contributed by atoms with van der Waals surface area (Å²) in [5.74, 6) is 1.74. The zero-order chi connectivity index (χ0) is 20.5. The van der Waals surface area contributed by atoms with Crippen molar-refractivity contribution in [2.45, 2.75) is 51.6 Å². The molecule has 1 aliphatic rings. The lowest BCUT2D eigenvalue weighted by Gasteiger charge is -2.34. The van der Waals surface area contributed by atoms with Crippen LogP contribution in [0.25, 0.3) is 11.1 Å². The topological polar surface area (TPSA) is 76.2 Å². The Morgan fingerprint density at radius 1 is 1.24 bits per heavy atom. The summed E-state index contributed by atoms with van der Waals surface area (Å²) in [6.07, 6.45) is 3.52. The molecular weight excluding hydrogens is 390 g/mol. The quantitative estimate of drug-likeness (QED) is 0.665. The monoisotopic (exact) mass is 415 g/mol. The van der Waals surface area contributed by atoms with Crippen LogP contribution in [0.3, 0.4) is 0 Å². The largest absolute Gasteiger partial charge is 0.440 e. The number of oxazole rings is 1. The molecule has 0 bridgehead atoms. The fourth-order valence-corrected chi connectivity index (χ4v) is 4.01. The SMILES string of the molecule is CC(C)n1nccc1NC(=O)[C@@H](C)N1CCC(c2nc3cc(Cl)ccc3o2)CC1. The number of hydrogen-bond donors (Lipinski definition) is 1. The van der Waals surface area contributed by atoms with Crippen molar-refractivity contribution in [1.82, 2.24) is 19.7 Å².